The molecule has 132 valence electrons. The summed E-state index contributed by atoms with van der Waals surface area (Å²) >= 11 is 0. The summed E-state index contributed by atoms with van der Waals surface area (Å²) in [7, 11) is 1.86. The van der Waals surface area contributed by atoms with Gasteiger partial charge in [0.05, 0.1) is 0 Å². The van der Waals surface area contributed by atoms with Crippen LogP contribution >= 0.6 is 24.0 Å². The largest absolute Gasteiger partial charge is 0.356 e. The zero-order valence-electron chi connectivity index (χ0n) is 14.9. The molecule has 0 aromatic carbocycles. The molecule has 5 heteroatoms. The van der Waals surface area contributed by atoms with Gasteiger partial charge < -0.3 is 15.5 Å². The molecule has 1 saturated heterocycles. The van der Waals surface area contributed by atoms with Gasteiger partial charge in [0.25, 0.3) is 0 Å². The number of piperidine rings is 1. The van der Waals surface area contributed by atoms with Crippen molar-refractivity contribution in [1.29, 1.82) is 0 Å². The average molecular weight is 424 g/mol. The van der Waals surface area contributed by atoms with E-state index in [2.05, 4.69) is 34.4 Å². The van der Waals surface area contributed by atoms with Crippen LogP contribution in [0.2, 0.25) is 0 Å². The topological polar surface area (TPSA) is 39.7 Å². The van der Waals surface area contributed by atoms with Crippen molar-refractivity contribution in [2.75, 3.05) is 39.8 Å². The first-order chi connectivity index (χ1) is 10.3. The van der Waals surface area contributed by atoms with Gasteiger partial charge in [-0.05, 0) is 51.2 Å². The van der Waals surface area contributed by atoms with Gasteiger partial charge in [-0.3, -0.25) is 4.99 Å². The molecule has 4 nitrogen and oxygen atoms in total. The van der Waals surface area contributed by atoms with E-state index >= 15 is 0 Å². The molecule has 0 radical (unpaired) electrons. The summed E-state index contributed by atoms with van der Waals surface area (Å²) in [5.74, 6) is 1.86. The van der Waals surface area contributed by atoms with Crippen LogP contribution in [-0.4, -0.2) is 50.6 Å². The minimum absolute atomic E-state index is 0. The molecule has 0 aromatic rings. The Bertz CT molecular complexity index is 276. The van der Waals surface area contributed by atoms with Gasteiger partial charge in [0.2, 0.25) is 0 Å². The van der Waals surface area contributed by atoms with E-state index in [1.165, 1.54) is 64.6 Å². The SMILES string of the molecule is CCCCCCNC(=NC)NCCC1CCN(CC)CC1.I. The van der Waals surface area contributed by atoms with E-state index in [9.17, 15) is 0 Å². The molecule has 0 amide bonds. The maximum absolute atomic E-state index is 4.30. The number of aliphatic imine (C=N–C) groups is 1. The van der Waals surface area contributed by atoms with Gasteiger partial charge in [0, 0.05) is 20.1 Å². The van der Waals surface area contributed by atoms with Crippen LogP contribution in [0, 0.1) is 5.92 Å². The van der Waals surface area contributed by atoms with Crippen LogP contribution in [0.15, 0.2) is 4.99 Å². The van der Waals surface area contributed by atoms with Crippen LogP contribution in [0.5, 0.6) is 0 Å². The summed E-state index contributed by atoms with van der Waals surface area (Å²) in [4.78, 5) is 6.86. The van der Waals surface area contributed by atoms with Crippen molar-refractivity contribution in [1.82, 2.24) is 15.5 Å². The van der Waals surface area contributed by atoms with E-state index in [0.29, 0.717) is 0 Å². The average Bonchev–Trinajstić information content (AvgIpc) is 2.53. The highest BCUT2D eigenvalue weighted by Gasteiger charge is 2.17. The van der Waals surface area contributed by atoms with Gasteiger partial charge in [-0.1, -0.05) is 33.1 Å². The monoisotopic (exact) mass is 424 g/mol. The van der Waals surface area contributed by atoms with E-state index in [0.717, 1.165) is 25.0 Å². The number of hydrogen-bond acceptors (Lipinski definition) is 2. The van der Waals surface area contributed by atoms with Crippen LogP contribution < -0.4 is 10.6 Å². The summed E-state index contributed by atoms with van der Waals surface area (Å²) in [5, 5.41) is 6.87. The zero-order valence-corrected chi connectivity index (χ0v) is 17.2. The molecule has 0 bridgehead atoms. The van der Waals surface area contributed by atoms with E-state index in [1.807, 2.05) is 7.05 Å². The first-order valence-electron chi connectivity index (χ1n) is 8.97. The molecule has 0 atom stereocenters. The Morgan fingerprint density at radius 1 is 1.05 bits per heavy atom. The van der Waals surface area contributed by atoms with E-state index < -0.39 is 0 Å². The Kier molecular flexibility index (Phi) is 14.5. The second kappa shape index (κ2) is 14.5. The fraction of sp³-hybridized carbons (Fsp3) is 0.941. The third kappa shape index (κ3) is 9.87. The van der Waals surface area contributed by atoms with Gasteiger partial charge in [-0.2, -0.15) is 0 Å². The zero-order chi connectivity index (χ0) is 15.3. The molecule has 2 N–H and O–H groups in total. The molecule has 0 aromatic heterocycles. The molecule has 0 aliphatic carbocycles. The number of nitrogens with one attached hydrogen (secondary N) is 2. The Balaban J connectivity index is 0.00000441. The fourth-order valence-electron chi connectivity index (χ4n) is 2.97. The predicted octanol–water partition coefficient (Wildman–Crippen LogP) is 3.47. The number of rotatable bonds is 9. The third-order valence-corrected chi connectivity index (χ3v) is 4.55. The van der Waals surface area contributed by atoms with Crippen LogP contribution in [0.4, 0.5) is 0 Å². The molecular formula is C17H37IN4. The highest BCUT2D eigenvalue weighted by atomic mass is 127. The second-order valence-corrected chi connectivity index (χ2v) is 6.15. The van der Waals surface area contributed by atoms with Gasteiger partial charge in [0.15, 0.2) is 5.96 Å². The predicted molar refractivity (Wildman–Crippen MR) is 108 cm³/mol. The lowest BCUT2D eigenvalue weighted by atomic mass is 9.93. The number of halogens is 1. The minimum Gasteiger partial charge on any atom is -0.356 e. The maximum atomic E-state index is 4.30. The minimum atomic E-state index is 0. The van der Waals surface area contributed by atoms with Crippen LogP contribution in [0.25, 0.3) is 0 Å². The van der Waals surface area contributed by atoms with Gasteiger partial charge in [0.1, 0.15) is 0 Å². The molecule has 1 heterocycles. The van der Waals surface area contributed by atoms with Gasteiger partial charge >= 0.3 is 0 Å². The summed E-state index contributed by atoms with van der Waals surface area (Å²) in [5.41, 5.74) is 0. The van der Waals surface area contributed by atoms with Crippen molar-refractivity contribution in [2.24, 2.45) is 10.9 Å². The fourth-order valence-corrected chi connectivity index (χ4v) is 2.97. The van der Waals surface area contributed by atoms with Crippen LogP contribution in [-0.2, 0) is 0 Å². The highest BCUT2D eigenvalue weighted by molar-refractivity contribution is 14.0. The summed E-state index contributed by atoms with van der Waals surface area (Å²) in [6, 6.07) is 0. The lowest BCUT2D eigenvalue weighted by Gasteiger charge is -2.31. The Labute approximate surface area is 154 Å². The van der Waals surface area contributed by atoms with Crippen molar-refractivity contribution in [3.05, 3.63) is 0 Å². The van der Waals surface area contributed by atoms with E-state index in [-0.39, 0.29) is 24.0 Å². The summed E-state index contributed by atoms with van der Waals surface area (Å²) in [6.45, 7) is 10.4. The molecule has 1 fully saturated rings. The molecule has 0 saturated carbocycles. The smallest absolute Gasteiger partial charge is 0.190 e. The molecule has 0 spiro atoms. The van der Waals surface area contributed by atoms with Crippen molar-refractivity contribution in [3.63, 3.8) is 0 Å². The van der Waals surface area contributed by atoms with E-state index in [1.54, 1.807) is 0 Å². The molecule has 1 rings (SSSR count). The van der Waals surface area contributed by atoms with Crippen molar-refractivity contribution in [2.45, 2.75) is 58.8 Å². The highest BCUT2D eigenvalue weighted by Crippen LogP contribution is 2.19. The normalized spacial score (nSPS) is 17.1. The van der Waals surface area contributed by atoms with Crippen molar-refractivity contribution >= 4 is 29.9 Å². The lowest BCUT2D eigenvalue weighted by Crippen LogP contribution is -2.39. The number of likely N-dealkylation sites (tertiary alicyclic amines) is 1. The second-order valence-electron chi connectivity index (χ2n) is 6.15. The van der Waals surface area contributed by atoms with Crippen LogP contribution in [0.3, 0.4) is 0 Å². The summed E-state index contributed by atoms with van der Waals surface area (Å²) in [6.07, 6.45) is 9.18. The first-order valence-corrected chi connectivity index (χ1v) is 8.97. The van der Waals surface area contributed by atoms with Crippen molar-refractivity contribution < 1.29 is 0 Å². The van der Waals surface area contributed by atoms with Gasteiger partial charge in [-0.15, -0.1) is 24.0 Å². The number of unbranched alkanes of at least 4 members (excludes halogenated alkanes) is 3. The molecule has 22 heavy (non-hydrogen) atoms. The third-order valence-electron chi connectivity index (χ3n) is 4.55. The Hall–Kier alpha value is -0.0400. The Morgan fingerprint density at radius 3 is 2.32 bits per heavy atom. The van der Waals surface area contributed by atoms with Crippen molar-refractivity contribution in [3.8, 4) is 0 Å². The standard InChI is InChI=1S/C17H36N4.HI/c1-4-6-7-8-12-19-17(18-3)20-13-9-16-10-14-21(5-2)15-11-16;/h16H,4-15H2,1-3H3,(H2,18,19,20);1H. The lowest BCUT2D eigenvalue weighted by molar-refractivity contribution is 0.187. The molecular weight excluding hydrogens is 387 g/mol. The summed E-state index contributed by atoms with van der Waals surface area (Å²) < 4.78 is 0. The molecule has 1 aliphatic rings. The Morgan fingerprint density at radius 2 is 1.73 bits per heavy atom. The molecule has 1 aliphatic heterocycles. The quantitative estimate of drug-likeness (QED) is 0.258. The van der Waals surface area contributed by atoms with Gasteiger partial charge in [-0.25, -0.2) is 0 Å². The van der Waals surface area contributed by atoms with E-state index in [4.69, 9.17) is 0 Å². The number of hydrogen-bond donors (Lipinski definition) is 2. The number of nitrogens with zero attached hydrogens (tertiary/aromatic N) is 2. The number of guanidine groups is 1. The first kappa shape index (κ1) is 22.0. The van der Waals surface area contributed by atoms with Crippen LogP contribution in [0.1, 0.15) is 58.8 Å². The molecule has 0 unspecified atom stereocenters. The maximum Gasteiger partial charge on any atom is 0.190 e.